The van der Waals surface area contributed by atoms with Gasteiger partial charge in [0.1, 0.15) is 5.75 Å². The SMILES string of the molecule is COc1ccc(C(=O)NCCNc2cc(N3CCOCC3)cnn2)cc1. The Morgan fingerprint density at radius 2 is 2.00 bits per heavy atom. The first kappa shape index (κ1) is 17.9. The number of hydrogen-bond donors (Lipinski definition) is 2. The van der Waals surface area contributed by atoms with Gasteiger partial charge in [-0.2, -0.15) is 5.10 Å². The number of ether oxygens (including phenoxy) is 2. The van der Waals surface area contributed by atoms with Crippen LogP contribution in [0.5, 0.6) is 5.75 Å². The van der Waals surface area contributed by atoms with Crippen molar-refractivity contribution in [3.63, 3.8) is 0 Å². The molecule has 1 fully saturated rings. The fourth-order valence-electron chi connectivity index (χ4n) is 2.65. The summed E-state index contributed by atoms with van der Waals surface area (Å²) < 4.78 is 10.4. The number of nitrogens with one attached hydrogen (secondary N) is 2. The van der Waals surface area contributed by atoms with Crippen molar-refractivity contribution in [3.05, 3.63) is 42.1 Å². The Labute approximate surface area is 152 Å². The van der Waals surface area contributed by atoms with Crippen molar-refractivity contribution in [2.45, 2.75) is 0 Å². The van der Waals surface area contributed by atoms with Gasteiger partial charge in [-0.05, 0) is 24.3 Å². The van der Waals surface area contributed by atoms with Crippen LogP contribution in [0.3, 0.4) is 0 Å². The van der Waals surface area contributed by atoms with Crippen molar-refractivity contribution in [2.75, 3.05) is 56.7 Å². The third-order valence-electron chi connectivity index (χ3n) is 4.09. The molecule has 26 heavy (non-hydrogen) atoms. The van der Waals surface area contributed by atoms with Crippen LogP contribution >= 0.6 is 0 Å². The van der Waals surface area contributed by atoms with Crippen LogP contribution in [-0.2, 0) is 4.74 Å². The Morgan fingerprint density at radius 3 is 2.73 bits per heavy atom. The summed E-state index contributed by atoms with van der Waals surface area (Å²) in [6.07, 6.45) is 1.75. The number of methoxy groups -OCH3 is 1. The third kappa shape index (κ3) is 4.82. The summed E-state index contributed by atoms with van der Waals surface area (Å²) in [6, 6.07) is 8.96. The number of benzene rings is 1. The minimum absolute atomic E-state index is 0.123. The highest BCUT2D eigenvalue weighted by atomic mass is 16.5. The molecule has 3 rings (SSSR count). The summed E-state index contributed by atoms with van der Waals surface area (Å²) in [6.45, 7) is 4.19. The first-order chi connectivity index (χ1) is 12.8. The molecule has 0 aliphatic carbocycles. The molecule has 0 radical (unpaired) electrons. The Morgan fingerprint density at radius 1 is 1.23 bits per heavy atom. The lowest BCUT2D eigenvalue weighted by Gasteiger charge is -2.28. The first-order valence-corrected chi connectivity index (χ1v) is 8.58. The fraction of sp³-hybridized carbons (Fsp3) is 0.389. The van der Waals surface area contributed by atoms with Gasteiger partial charge in [-0.1, -0.05) is 0 Å². The maximum atomic E-state index is 12.1. The van der Waals surface area contributed by atoms with Gasteiger partial charge in [0.05, 0.1) is 32.2 Å². The van der Waals surface area contributed by atoms with Gasteiger partial charge in [-0.3, -0.25) is 4.79 Å². The molecule has 8 heteroatoms. The van der Waals surface area contributed by atoms with E-state index in [9.17, 15) is 4.79 Å². The molecule has 2 N–H and O–H groups in total. The molecule has 1 aliphatic rings. The van der Waals surface area contributed by atoms with E-state index in [0.717, 1.165) is 37.7 Å². The Balaban J connectivity index is 1.45. The number of rotatable bonds is 7. The molecule has 0 saturated carbocycles. The summed E-state index contributed by atoms with van der Waals surface area (Å²) in [4.78, 5) is 14.3. The molecule has 138 valence electrons. The Bertz CT molecular complexity index is 717. The van der Waals surface area contributed by atoms with E-state index >= 15 is 0 Å². The van der Waals surface area contributed by atoms with Gasteiger partial charge in [0, 0.05) is 37.8 Å². The molecule has 0 spiro atoms. The standard InChI is InChI=1S/C18H23N5O3/c1-25-16-4-2-14(3-5-16)18(24)20-7-6-19-17-12-15(13-21-22-17)23-8-10-26-11-9-23/h2-5,12-13H,6-11H2,1H3,(H,19,22)(H,20,24). The molecule has 1 aliphatic heterocycles. The molecule has 2 heterocycles. The Hall–Kier alpha value is -2.87. The monoisotopic (exact) mass is 357 g/mol. The number of hydrogen-bond acceptors (Lipinski definition) is 7. The number of aromatic nitrogens is 2. The van der Waals surface area contributed by atoms with E-state index in [1.165, 1.54) is 0 Å². The minimum Gasteiger partial charge on any atom is -0.497 e. The summed E-state index contributed by atoms with van der Waals surface area (Å²) in [5.74, 6) is 1.29. The summed E-state index contributed by atoms with van der Waals surface area (Å²) >= 11 is 0. The van der Waals surface area contributed by atoms with Crippen LogP contribution in [0.25, 0.3) is 0 Å². The molecular weight excluding hydrogens is 334 g/mol. The van der Waals surface area contributed by atoms with Crippen molar-refractivity contribution < 1.29 is 14.3 Å². The number of amides is 1. The quantitative estimate of drug-likeness (QED) is 0.719. The predicted octanol–water partition coefficient (Wildman–Crippen LogP) is 1.16. The number of nitrogens with zero attached hydrogens (tertiary/aromatic N) is 3. The van der Waals surface area contributed by atoms with Crippen LogP contribution in [0.15, 0.2) is 36.5 Å². The second kappa shape index (κ2) is 9.00. The lowest BCUT2D eigenvalue weighted by Crippen LogP contribution is -2.36. The molecule has 1 aromatic carbocycles. The third-order valence-corrected chi connectivity index (χ3v) is 4.09. The van der Waals surface area contributed by atoms with E-state index in [1.807, 2.05) is 6.07 Å². The van der Waals surface area contributed by atoms with Crippen molar-refractivity contribution in [1.29, 1.82) is 0 Å². The van der Waals surface area contributed by atoms with Gasteiger partial charge in [-0.15, -0.1) is 5.10 Å². The molecule has 0 atom stereocenters. The average molecular weight is 357 g/mol. The van der Waals surface area contributed by atoms with E-state index in [0.29, 0.717) is 24.5 Å². The lowest BCUT2D eigenvalue weighted by atomic mass is 10.2. The molecule has 1 aromatic heterocycles. The number of carbonyl (C=O) groups is 1. The van der Waals surface area contributed by atoms with Crippen LogP contribution < -0.4 is 20.3 Å². The van der Waals surface area contributed by atoms with E-state index in [2.05, 4.69) is 25.7 Å². The van der Waals surface area contributed by atoms with Gasteiger partial charge < -0.3 is 25.0 Å². The van der Waals surface area contributed by atoms with Gasteiger partial charge in [0.2, 0.25) is 0 Å². The zero-order chi connectivity index (χ0) is 18.2. The van der Waals surface area contributed by atoms with Gasteiger partial charge >= 0.3 is 0 Å². The van der Waals surface area contributed by atoms with E-state index < -0.39 is 0 Å². The summed E-state index contributed by atoms with van der Waals surface area (Å²) in [7, 11) is 1.59. The molecule has 0 unspecified atom stereocenters. The normalized spacial score (nSPS) is 14.0. The number of carbonyl (C=O) groups excluding carboxylic acids is 1. The highest BCUT2D eigenvalue weighted by molar-refractivity contribution is 5.94. The molecule has 8 nitrogen and oxygen atoms in total. The topological polar surface area (TPSA) is 88.6 Å². The second-order valence-corrected chi connectivity index (χ2v) is 5.81. The van der Waals surface area contributed by atoms with Crippen LogP contribution in [0.2, 0.25) is 0 Å². The number of anilines is 2. The lowest BCUT2D eigenvalue weighted by molar-refractivity contribution is 0.0955. The van der Waals surface area contributed by atoms with E-state index in [4.69, 9.17) is 9.47 Å². The highest BCUT2D eigenvalue weighted by Gasteiger charge is 2.12. The first-order valence-electron chi connectivity index (χ1n) is 8.58. The largest absolute Gasteiger partial charge is 0.497 e. The average Bonchev–Trinajstić information content (AvgIpc) is 2.72. The number of morpholine rings is 1. The van der Waals surface area contributed by atoms with Crippen LogP contribution in [-0.4, -0.2) is 62.6 Å². The fourth-order valence-corrected chi connectivity index (χ4v) is 2.65. The molecule has 1 saturated heterocycles. The van der Waals surface area contributed by atoms with Gasteiger partial charge in [0.25, 0.3) is 5.91 Å². The van der Waals surface area contributed by atoms with Gasteiger partial charge in [-0.25, -0.2) is 0 Å². The van der Waals surface area contributed by atoms with Crippen molar-refractivity contribution in [2.24, 2.45) is 0 Å². The van der Waals surface area contributed by atoms with Crippen molar-refractivity contribution in [1.82, 2.24) is 15.5 Å². The molecule has 2 aromatic rings. The highest BCUT2D eigenvalue weighted by Crippen LogP contribution is 2.17. The Kier molecular flexibility index (Phi) is 6.21. The minimum atomic E-state index is -0.123. The second-order valence-electron chi connectivity index (χ2n) is 5.81. The van der Waals surface area contributed by atoms with Crippen LogP contribution in [0.4, 0.5) is 11.5 Å². The zero-order valence-electron chi connectivity index (χ0n) is 14.8. The van der Waals surface area contributed by atoms with E-state index in [-0.39, 0.29) is 5.91 Å². The zero-order valence-corrected chi connectivity index (χ0v) is 14.8. The summed E-state index contributed by atoms with van der Waals surface area (Å²) in [5, 5.41) is 14.2. The van der Waals surface area contributed by atoms with Crippen LogP contribution in [0, 0.1) is 0 Å². The maximum absolute atomic E-state index is 12.1. The van der Waals surface area contributed by atoms with E-state index in [1.54, 1.807) is 37.6 Å². The molecule has 0 bridgehead atoms. The molecular formula is C18H23N5O3. The maximum Gasteiger partial charge on any atom is 0.251 e. The molecule has 1 amide bonds. The van der Waals surface area contributed by atoms with Crippen molar-refractivity contribution >= 4 is 17.4 Å². The predicted molar refractivity (Wildman–Crippen MR) is 98.9 cm³/mol. The van der Waals surface area contributed by atoms with Crippen LogP contribution in [0.1, 0.15) is 10.4 Å². The smallest absolute Gasteiger partial charge is 0.251 e. The van der Waals surface area contributed by atoms with Gasteiger partial charge in [0.15, 0.2) is 5.82 Å². The van der Waals surface area contributed by atoms with Crippen molar-refractivity contribution in [3.8, 4) is 5.75 Å². The summed E-state index contributed by atoms with van der Waals surface area (Å²) in [5.41, 5.74) is 1.62.